The van der Waals surface area contributed by atoms with Crippen LogP contribution in [0.2, 0.25) is 0 Å². The number of aliphatic hydroxyl groups excluding tert-OH is 1. The minimum atomic E-state index is -0.822. The molecule has 1 unspecified atom stereocenters. The molecule has 1 N–H and O–H groups in total. The van der Waals surface area contributed by atoms with Crippen LogP contribution in [-0.4, -0.2) is 55.2 Å². The highest BCUT2D eigenvalue weighted by Gasteiger charge is 2.47. The maximum absolute atomic E-state index is 13.1. The number of hydrogen-bond acceptors (Lipinski definition) is 6. The maximum Gasteiger partial charge on any atom is 0.295 e. The van der Waals surface area contributed by atoms with Crippen LogP contribution in [0.5, 0.6) is 11.5 Å². The maximum atomic E-state index is 13.1. The Morgan fingerprint density at radius 3 is 2.26 bits per heavy atom. The third-order valence-corrected chi connectivity index (χ3v) is 5.12. The first-order valence-electron chi connectivity index (χ1n) is 10.1. The fourth-order valence-corrected chi connectivity index (χ4v) is 3.70. The lowest BCUT2D eigenvalue weighted by Crippen LogP contribution is -2.33. The Balaban J connectivity index is 2.18. The van der Waals surface area contributed by atoms with Crippen molar-refractivity contribution in [1.82, 2.24) is 4.90 Å². The zero-order valence-corrected chi connectivity index (χ0v) is 18.1. The first-order chi connectivity index (χ1) is 14.9. The van der Waals surface area contributed by atoms with Gasteiger partial charge in [0.25, 0.3) is 11.7 Å². The summed E-state index contributed by atoms with van der Waals surface area (Å²) in [5.74, 6) is -0.842. The van der Waals surface area contributed by atoms with Crippen molar-refractivity contribution in [3.8, 4) is 11.5 Å². The van der Waals surface area contributed by atoms with Crippen molar-refractivity contribution in [2.75, 3.05) is 27.4 Å². The van der Waals surface area contributed by atoms with Gasteiger partial charge in [0, 0.05) is 12.1 Å². The molecule has 7 nitrogen and oxygen atoms in total. The Morgan fingerprint density at radius 1 is 1.00 bits per heavy atom. The summed E-state index contributed by atoms with van der Waals surface area (Å²) >= 11 is 0. The Labute approximate surface area is 181 Å². The summed E-state index contributed by atoms with van der Waals surface area (Å²) in [4.78, 5) is 27.5. The molecule has 1 aliphatic heterocycles. The molecule has 0 aromatic heterocycles. The predicted octanol–water partition coefficient (Wildman–Crippen LogP) is 3.55. The highest BCUT2D eigenvalue weighted by molar-refractivity contribution is 6.46. The molecule has 3 rings (SSSR count). The van der Waals surface area contributed by atoms with E-state index in [1.54, 1.807) is 48.5 Å². The second kappa shape index (κ2) is 9.66. The van der Waals surface area contributed by atoms with Crippen LogP contribution in [0.4, 0.5) is 0 Å². The average molecular weight is 425 g/mol. The zero-order valence-electron chi connectivity index (χ0n) is 18.1. The van der Waals surface area contributed by atoms with Gasteiger partial charge >= 0.3 is 0 Å². The summed E-state index contributed by atoms with van der Waals surface area (Å²) in [7, 11) is 3.00. The standard InChI is InChI=1S/C24H27NO6/c1-15(2)31-14-13-25-21(16-9-5-7-11-18(16)29-3)20(23(27)24(25)28)22(26)17-10-6-8-12-19(17)30-4/h5-12,15,21,26H,13-14H2,1-4H3/b22-20+. The van der Waals surface area contributed by atoms with E-state index in [4.69, 9.17) is 14.2 Å². The topological polar surface area (TPSA) is 85.3 Å². The van der Waals surface area contributed by atoms with Crippen molar-refractivity contribution < 1.29 is 28.9 Å². The minimum Gasteiger partial charge on any atom is -0.507 e. The number of Topliss-reactive ketones (excluding diaryl/α,β-unsaturated/α-hetero) is 1. The van der Waals surface area contributed by atoms with Crippen molar-refractivity contribution in [2.45, 2.75) is 26.0 Å². The number of aliphatic hydroxyl groups is 1. The lowest BCUT2D eigenvalue weighted by molar-refractivity contribution is -0.140. The highest BCUT2D eigenvalue weighted by atomic mass is 16.5. The number of hydrogen-bond donors (Lipinski definition) is 1. The fourth-order valence-electron chi connectivity index (χ4n) is 3.70. The van der Waals surface area contributed by atoms with Gasteiger partial charge in [-0.1, -0.05) is 30.3 Å². The number of amides is 1. The van der Waals surface area contributed by atoms with Gasteiger partial charge in [-0.3, -0.25) is 9.59 Å². The Bertz CT molecular complexity index is 997. The van der Waals surface area contributed by atoms with E-state index in [-0.39, 0.29) is 30.6 Å². The molecule has 2 aromatic carbocycles. The SMILES string of the molecule is COc1ccccc1/C(O)=C1\C(=O)C(=O)N(CCOC(C)C)C1c1ccccc1OC. The van der Waals surface area contributed by atoms with E-state index in [0.29, 0.717) is 22.6 Å². The van der Waals surface area contributed by atoms with Crippen molar-refractivity contribution in [2.24, 2.45) is 0 Å². The van der Waals surface area contributed by atoms with Crippen LogP contribution >= 0.6 is 0 Å². The lowest BCUT2D eigenvalue weighted by atomic mass is 9.94. The van der Waals surface area contributed by atoms with Gasteiger partial charge in [-0.05, 0) is 32.0 Å². The summed E-state index contributed by atoms with van der Waals surface area (Å²) in [5, 5.41) is 11.2. The van der Waals surface area contributed by atoms with Crippen LogP contribution < -0.4 is 9.47 Å². The van der Waals surface area contributed by atoms with Gasteiger partial charge in [-0.2, -0.15) is 0 Å². The van der Waals surface area contributed by atoms with Crippen LogP contribution in [0.1, 0.15) is 31.0 Å². The zero-order chi connectivity index (χ0) is 22.5. The van der Waals surface area contributed by atoms with Crippen molar-refractivity contribution >= 4 is 17.4 Å². The first-order valence-corrected chi connectivity index (χ1v) is 10.1. The molecule has 0 saturated carbocycles. The van der Waals surface area contributed by atoms with E-state index < -0.39 is 17.7 Å². The van der Waals surface area contributed by atoms with Crippen LogP contribution in [0.15, 0.2) is 54.1 Å². The van der Waals surface area contributed by atoms with E-state index in [1.807, 2.05) is 13.8 Å². The van der Waals surface area contributed by atoms with Gasteiger partial charge in [0.15, 0.2) is 0 Å². The number of ether oxygens (including phenoxy) is 3. The van der Waals surface area contributed by atoms with Gasteiger partial charge in [0.2, 0.25) is 0 Å². The van der Waals surface area contributed by atoms with Gasteiger partial charge < -0.3 is 24.2 Å². The van der Waals surface area contributed by atoms with Crippen LogP contribution in [0.25, 0.3) is 5.76 Å². The molecule has 164 valence electrons. The third kappa shape index (κ3) is 4.41. The van der Waals surface area contributed by atoms with E-state index in [2.05, 4.69) is 0 Å². The van der Waals surface area contributed by atoms with E-state index in [9.17, 15) is 14.7 Å². The smallest absolute Gasteiger partial charge is 0.295 e. The second-order valence-electron chi connectivity index (χ2n) is 7.35. The summed E-state index contributed by atoms with van der Waals surface area (Å²) < 4.78 is 16.4. The Morgan fingerprint density at radius 2 is 1.61 bits per heavy atom. The molecule has 1 heterocycles. The molecule has 7 heteroatoms. The summed E-state index contributed by atoms with van der Waals surface area (Å²) in [6, 6.07) is 13.1. The number of nitrogens with zero attached hydrogens (tertiary/aromatic N) is 1. The number of para-hydroxylation sites is 2. The minimum absolute atomic E-state index is 0.0106. The molecule has 0 aliphatic carbocycles. The highest BCUT2D eigenvalue weighted by Crippen LogP contribution is 2.43. The molecule has 1 amide bonds. The molecule has 0 bridgehead atoms. The molecule has 0 spiro atoms. The molecule has 1 aliphatic rings. The molecule has 1 atom stereocenters. The molecular formula is C24H27NO6. The fraction of sp³-hybridized carbons (Fsp3) is 0.333. The number of methoxy groups -OCH3 is 2. The molecular weight excluding hydrogens is 398 g/mol. The average Bonchev–Trinajstić information content (AvgIpc) is 3.03. The normalized spacial score (nSPS) is 18.0. The molecule has 31 heavy (non-hydrogen) atoms. The largest absolute Gasteiger partial charge is 0.507 e. The second-order valence-corrected chi connectivity index (χ2v) is 7.35. The van der Waals surface area contributed by atoms with E-state index in [1.165, 1.54) is 19.1 Å². The number of rotatable bonds is 8. The first kappa shape index (κ1) is 22.4. The molecule has 0 radical (unpaired) electrons. The summed E-state index contributed by atoms with van der Waals surface area (Å²) in [5.41, 5.74) is 0.926. The number of carbonyl (C=O) groups is 2. The number of ketones is 1. The van der Waals surface area contributed by atoms with E-state index >= 15 is 0 Å². The molecule has 1 saturated heterocycles. The van der Waals surface area contributed by atoms with Crippen molar-refractivity contribution in [1.29, 1.82) is 0 Å². The third-order valence-electron chi connectivity index (χ3n) is 5.12. The van der Waals surface area contributed by atoms with Crippen molar-refractivity contribution in [3.63, 3.8) is 0 Å². The number of carbonyl (C=O) groups excluding carboxylic acids is 2. The van der Waals surface area contributed by atoms with Crippen LogP contribution in [0, 0.1) is 0 Å². The van der Waals surface area contributed by atoms with Crippen molar-refractivity contribution in [3.05, 3.63) is 65.2 Å². The van der Waals surface area contributed by atoms with Crippen LogP contribution in [-0.2, 0) is 14.3 Å². The Hall–Kier alpha value is -3.32. The number of benzene rings is 2. The number of likely N-dealkylation sites (tertiary alicyclic amines) is 1. The van der Waals surface area contributed by atoms with Gasteiger partial charge in [0.05, 0.1) is 44.1 Å². The monoisotopic (exact) mass is 425 g/mol. The van der Waals surface area contributed by atoms with E-state index in [0.717, 1.165) is 0 Å². The molecule has 2 aromatic rings. The van der Waals surface area contributed by atoms with Crippen LogP contribution in [0.3, 0.4) is 0 Å². The van der Waals surface area contributed by atoms with Gasteiger partial charge in [-0.15, -0.1) is 0 Å². The quantitative estimate of drug-likeness (QED) is 0.396. The van der Waals surface area contributed by atoms with Gasteiger partial charge in [-0.25, -0.2) is 0 Å². The van der Waals surface area contributed by atoms with Gasteiger partial charge in [0.1, 0.15) is 17.3 Å². The summed E-state index contributed by atoms with van der Waals surface area (Å²) in [6.45, 7) is 4.24. The predicted molar refractivity (Wildman–Crippen MR) is 116 cm³/mol. The summed E-state index contributed by atoms with van der Waals surface area (Å²) in [6.07, 6.45) is -0.0184. The Kier molecular flexibility index (Phi) is 6.97. The molecule has 1 fully saturated rings. The lowest BCUT2D eigenvalue weighted by Gasteiger charge is -2.27.